The van der Waals surface area contributed by atoms with E-state index in [9.17, 15) is 0 Å². The summed E-state index contributed by atoms with van der Waals surface area (Å²) in [6.07, 6.45) is 5.11. The van der Waals surface area contributed by atoms with E-state index >= 15 is 0 Å². The van der Waals surface area contributed by atoms with E-state index in [0.29, 0.717) is 0 Å². The van der Waals surface area contributed by atoms with E-state index in [1.165, 1.54) is 11.1 Å². The predicted molar refractivity (Wildman–Crippen MR) is 98.0 cm³/mol. The Kier molecular flexibility index (Phi) is 4.71. The number of nitrogens with one attached hydrogen (secondary N) is 1. The number of fused-ring (bicyclic) bond motifs is 1. The van der Waals surface area contributed by atoms with Crippen LogP contribution in [0.5, 0.6) is 0 Å². The Morgan fingerprint density at radius 1 is 1.08 bits per heavy atom. The normalized spacial score (nSPS) is 13.9. The number of benzene rings is 1. The SMILES string of the molecule is Cc1ccccc1C(C(C)Nc1ncnc2cnccc12)N(C)C. The molecule has 0 amide bonds. The van der Waals surface area contributed by atoms with Crippen molar-refractivity contribution < 1.29 is 0 Å². The summed E-state index contributed by atoms with van der Waals surface area (Å²) < 4.78 is 0. The smallest absolute Gasteiger partial charge is 0.137 e. The number of hydrogen-bond donors (Lipinski definition) is 1. The van der Waals surface area contributed by atoms with E-state index < -0.39 is 0 Å². The molecule has 0 radical (unpaired) electrons. The lowest BCUT2D eigenvalue weighted by Gasteiger charge is -2.32. The summed E-state index contributed by atoms with van der Waals surface area (Å²) in [5.74, 6) is 0.843. The molecule has 0 bridgehead atoms. The fraction of sp³-hybridized carbons (Fsp3) is 0.316. The van der Waals surface area contributed by atoms with Crippen molar-refractivity contribution in [2.24, 2.45) is 0 Å². The molecule has 124 valence electrons. The summed E-state index contributed by atoms with van der Waals surface area (Å²) in [5.41, 5.74) is 3.46. The molecule has 0 aliphatic carbocycles. The van der Waals surface area contributed by atoms with Crippen LogP contribution < -0.4 is 5.32 Å². The highest BCUT2D eigenvalue weighted by atomic mass is 15.2. The number of aryl methyl sites for hydroxylation is 1. The summed E-state index contributed by atoms with van der Waals surface area (Å²) in [6, 6.07) is 10.9. The zero-order valence-corrected chi connectivity index (χ0v) is 14.6. The second kappa shape index (κ2) is 6.93. The van der Waals surface area contributed by atoms with Crippen LogP contribution in [0, 0.1) is 6.92 Å². The van der Waals surface area contributed by atoms with Gasteiger partial charge in [-0.1, -0.05) is 24.3 Å². The molecule has 1 N–H and O–H groups in total. The van der Waals surface area contributed by atoms with Gasteiger partial charge >= 0.3 is 0 Å². The molecule has 0 saturated heterocycles. The third kappa shape index (κ3) is 3.21. The first-order valence-corrected chi connectivity index (χ1v) is 8.11. The van der Waals surface area contributed by atoms with Crippen molar-refractivity contribution in [1.82, 2.24) is 19.9 Å². The molecular weight excluding hydrogens is 298 g/mol. The van der Waals surface area contributed by atoms with Crippen LogP contribution in [0.15, 0.2) is 49.1 Å². The van der Waals surface area contributed by atoms with Gasteiger partial charge in [0.05, 0.1) is 17.8 Å². The summed E-state index contributed by atoms with van der Waals surface area (Å²) in [5, 5.41) is 4.56. The van der Waals surface area contributed by atoms with Crippen LogP contribution in [0.25, 0.3) is 10.9 Å². The van der Waals surface area contributed by atoms with Crippen molar-refractivity contribution in [3.63, 3.8) is 0 Å². The minimum atomic E-state index is 0.173. The molecule has 3 aromatic rings. The highest BCUT2D eigenvalue weighted by molar-refractivity contribution is 5.88. The van der Waals surface area contributed by atoms with E-state index in [0.717, 1.165) is 16.7 Å². The van der Waals surface area contributed by atoms with Crippen LogP contribution in [0.3, 0.4) is 0 Å². The Morgan fingerprint density at radius 3 is 2.62 bits per heavy atom. The molecule has 0 aliphatic heterocycles. The lowest BCUT2D eigenvalue weighted by atomic mass is 9.95. The number of nitrogens with zero attached hydrogens (tertiary/aromatic N) is 4. The van der Waals surface area contributed by atoms with Crippen LogP contribution in [-0.2, 0) is 0 Å². The third-order valence-corrected chi connectivity index (χ3v) is 4.34. The number of pyridine rings is 1. The average molecular weight is 321 g/mol. The fourth-order valence-corrected chi connectivity index (χ4v) is 3.23. The maximum Gasteiger partial charge on any atom is 0.137 e. The minimum Gasteiger partial charge on any atom is -0.365 e. The number of likely N-dealkylation sites (N-methyl/N-ethyl adjacent to an activating group) is 1. The van der Waals surface area contributed by atoms with Crippen molar-refractivity contribution >= 4 is 16.7 Å². The van der Waals surface area contributed by atoms with E-state index in [1.807, 2.05) is 6.07 Å². The fourth-order valence-electron chi connectivity index (χ4n) is 3.23. The molecule has 5 nitrogen and oxygen atoms in total. The van der Waals surface area contributed by atoms with Crippen molar-refractivity contribution in [1.29, 1.82) is 0 Å². The second-order valence-electron chi connectivity index (χ2n) is 6.31. The Hall–Kier alpha value is -2.53. The molecule has 2 aromatic heterocycles. The van der Waals surface area contributed by atoms with Crippen LogP contribution in [-0.4, -0.2) is 40.0 Å². The lowest BCUT2D eigenvalue weighted by Crippen LogP contribution is -2.35. The van der Waals surface area contributed by atoms with E-state index in [1.54, 1.807) is 18.7 Å². The molecule has 0 aliphatic rings. The van der Waals surface area contributed by atoms with Crippen molar-refractivity contribution in [3.8, 4) is 0 Å². The molecule has 0 fully saturated rings. The number of anilines is 1. The maximum absolute atomic E-state index is 4.44. The number of aromatic nitrogens is 3. The van der Waals surface area contributed by atoms with Gasteiger partial charge in [0.2, 0.25) is 0 Å². The molecule has 0 saturated carbocycles. The largest absolute Gasteiger partial charge is 0.365 e. The highest BCUT2D eigenvalue weighted by Gasteiger charge is 2.23. The monoisotopic (exact) mass is 321 g/mol. The quantitative estimate of drug-likeness (QED) is 0.780. The van der Waals surface area contributed by atoms with Crippen molar-refractivity contribution in [3.05, 3.63) is 60.2 Å². The van der Waals surface area contributed by atoms with E-state index in [-0.39, 0.29) is 12.1 Å². The Bertz CT molecular complexity index is 825. The van der Waals surface area contributed by atoms with Crippen LogP contribution in [0.1, 0.15) is 24.1 Å². The van der Waals surface area contributed by atoms with Gasteiger partial charge in [0.1, 0.15) is 12.1 Å². The lowest BCUT2D eigenvalue weighted by molar-refractivity contribution is 0.274. The first-order valence-electron chi connectivity index (χ1n) is 8.11. The van der Waals surface area contributed by atoms with Gasteiger partial charge in [-0.25, -0.2) is 9.97 Å². The standard InChI is InChI=1S/C19H23N5/c1-13-7-5-6-8-15(13)18(24(3)4)14(2)23-19-16-9-10-20-11-17(16)21-12-22-19/h5-12,14,18H,1-4H3,(H,21,22,23). The average Bonchev–Trinajstić information content (AvgIpc) is 2.57. The van der Waals surface area contributed by atoms with E-state index in [2.05, 4.69) is 77.4 Å². The molecular formula is C19H23N5. The Balaban J connectivity index is 1.94. The first-order chi connectivity index (χ1) is 11.6. The van der Waals surface area contributed by atoms with Crippen molar-refractivity contribution in [2.75, 3.05) is 19.4 Å². The molecule has 3 rings (SSSR count). The van der Waals surface area contributed by atoms with Gasteiger partial charge in [0, 0.05) is 17.6 Å². The van der Waals surface area contributed by atoms with Gasteiger partial charge in [-0.15, -0.1) is 0 Å². The summed E-state index contributed by atoms with van der Waals surface area (Å²) >= 11 is 0. The van der Waals surface area contributed by atoms with Crippen LogP contribution >= 0.6 is 0 Å². The zero-order chi connectivity index (χ0) is 17.1. The predicted octanol–water partition coefficient (Wildman–Crippen LogP) is 3.44. The van der Waals surface area contributed by atoms with Gasteiger partial charge in [-0.3, -0.25) is 4.98 Å². The molecule has 0 spiro atoms. The third-order valence-electron chi connectivity index (χ3n) is 4.34. The molecule has 2 unspecified atom stereocenters. The maximum atomic E-state index is 4.44. The van der Waals surface area contributed by atoms with Gasteiger partial charge in [-0.05, 0) is 45.1 Å². The van der Waals surface area contributed by atoms with Crippen molar-refractivity contribution in [2.45, 2.75) is 25.9 Å². The molecule has 1 aromatic carbocycles. The Morgan fingerprint density at radius 2 is 1.88 bits per heavy atom. The summed E-state index contributed by atoms with van der Waals surface area (Å²) in [6.45, 7) is 4.34. The summed E-state index contributed by atoms with van der Waals surface area (Å²) in [7, 11) is 4.22. The number of rotatable bonds is 5. The topological polar surface area (TPSA) is 53.9 Å². The zero-order valence-electron chi connectivity index (χ0n) is 14.6. The van der Waals surface area contributed by atoms with E-state index in [4.69, 9.17) is 0 Å². The van der Waals surface area contributed by atoms with Crippen LogP contribution in [0.2, 0.25) is 0 Å². The molecule has 2 atom stereocenters. The van der Waals surface area contributed by atoms with Gasteiger partial charge < -0.3 is 10.2 Å². The Labute approximate surface area is 142 Å². The summed E-state index contributed by atoms with van der Waals surface area (Å²) in [4.78, 5) is 15.1. The van der Waals surface area contributed by atoms with Gasteiger partial charge in [0.25, 0.3) is 0 Å². The van der Waals surface area contributed by atoms with Crippen LogP contribution in [0.4, 0.5) is 5.82 Å². The molecule has 5 heteroatoms. The van der Waals surface area contributed by atoms with Gasteiger partial charge in [-0.2, -0.15) is 0 Å². The minimum absolute atomic E-state index is 0.173. The molecule has 2 heterocycles. The number of hydrogen-bond acceptors (Lipinski definition) is 5. The second-order valence-corrected chi connectivity index (χ2v) is 6.31. The first kappa shape index (κ1) is 16.3. The molecule has 24 heavy (non-hydrogen) atoms. The van der Waals surface area contributed by atoms with Gasteiger partial charge in [0.15, 0.2) is 0 Å². The highest BCUT2D eigenvalue weighted by Crippen LogP contribution is 2.28.